The summed E-state index contributed by atoms with van der Waals surface area (Å²) in [5.74, 6) is -0.0594. The summed E-state index contributed by atoms with van der Waals surface area (Å²) < 4.78 is 26.7. The van der Waals surface area contributed by atoms with Crippen LogP contribution in [0.4, 0.5) is 5.69 Å². The summed E-state index contributed by atoms with van der Waals surface area (Å²) >= 11 is 0. The standard InChI is InChI=1S/C13H21N3O2S/c1-16-8-4-6-12(16)9-15-19(17,18)10-11-5-2-3-7-13(11)14/h2-3,5,7,12,15H,4,6,8-10,14H2,1H3. The first-order valence-corrected chi connectivity index (χ1v) is 8.14. The maximum Gasteiger partial charge on any atom is 0.215 e. The smallest absolute Gasteiger partial charge is 0.215 e. The summed E-state index contributed by atoms with van der Waals surface area (Å²) in [5.41, 5.74) is 6.93. The van der Waals surface area contributed by atoms with Gasteiger partial charge >= 0.3 is 0 Å². The van der Waals surface area contributed by atoms with Crippen LogP contribution in [0.5, 0.6) is 0 Å². The fraction of sp³-hybridized carbons (Fsp3) is 0.538. The zero-order valence-corrected chi connectivity index (χ0v) is 12.0. The minimum atomic E-state index is -3.32. The lowest BCUT2D eigenvalue weighted by atomic mass is 10.2. The number of rotatable bonds is 5. The lowest BCUT2D eigenvalue weighted by molar-refractivity contribution is 0.311. The molecule has 1 aliphatic heterocycles. The van der Waals surface area contributed by atoms with Crippen LogP contribution in [0.2, 0.25) is 0 Å². The molecule has 1 saturated heterocycles. The van der Waals surface area contributed by atoms with E-state index >= 15 is 0 Å². The molecule has 0 aromatic heterocycles. The number of para-hydroxylation sites is 1. The number of likely N-dealkylation sites (tertiary alicyclic amines) is 1. The number of nitrogens with one attached hydrogen (secondary N) is 1. The molecule has 1 unspecified atom stereocenters. The molecule has 19 heavy (non-hydrogen) atoms. The maximum absolute atomic E-state index is 12.0. The third-order valence-corrected chi connectivity index (χ3v) is 4.91. The molecule has 1 fully saturated rings. The SMILES string of the molecule is CN1CCCC1CNS(=O)(=O)Cc1ccccc1N. The van der Waals surface area contributed by atoms with Crippen molar-refractivity contribution in [1.29, 1.82) is 0 Å². The van der Waals surface area contributed by atoms with Crippen LogP contribution < -0.4 is 10.5 Å². The molecule has 0 amide bonds. The predicted molar refractivity (Wildman–Crippen MR) is 77.1 cm³/mol. The molecule has 5 nitrogen and oxygen atoms in total. The van der Waals surface area contributed by atoms with E-state index in [4.69, 9.17) is 5.73 Å². The number of nitrogen functional groups attached to an aromatic ring is 1. The number of benzene rings is 1. The van der Waals surface area contributed by atoms with Crippen LogP contribution in [-0.4, -0.2) is 39.5 Å². The van der Waals surface area contributed by atoms with E-state index in [2.05, 4.69) is 9.62 Å². The quantitative estimate of drug-likeness (QED) is 0.783. The van der Waals surface area contributed by atoms with Crippen LogP contribution >= 0.6 is 0 Å². The zero-order chi connectivity index (χ0) is 13.9. The van der Waals surface area contributed by atoms with Gasteiger partial charge in [0.15, 0.2) is 0 Å². The Hall–Kier alpha value is -1.11. The van der Waals surface area contributed by atoms with E-state index in [1.807, 2.05) is 7.05 Å². The minimum absolute atomic E-state index is 0.0594. The number of likely N-dealkylation sites (N-methyl/N-ethyl adjacent to an activating group) is 1. The molecular formula is C13H21N3O2S. The van der Waals surface area contributed by atoms with Gasteiger partial charge in [-0.1, -0.05) is 18.2 Å². The first-order chi connectivity index (χ1) is 8.98. The van der Waals surface area contributed by atoms with E-state index in [0.29, 0.717) is 23.8 Å². The van der Waals surface area contributed by atoms with Crippen LogP contribution in [0.15, 0.2) is 24.3 Å². The van der Waals surface area contributed by atoms with Crippen molar-refractivity contribution in [1.82, 2.24) is 9.62 Å². The zero-order valence-electron chi connectivity index (χ0n) is 11.2. The average molecular weight is 283 g/mol. The fourth-order valence-electron chi connectivity index (χ4n) is 2.38. The molecule has 1 atom stereocenters. The normalized spacial score (nSPS) is 20.8. The second kappa shape index (κ2) is 5.90. The van der Waals surface area contributed by atoms with Crippen LogP contribution in [-0.2, 0) is 15.8 Å². The summed E-state index contributed by atoms with van der Waals surface area (Å²) in [6, 6.07) is 7.37. The predicted octanol–water partition coefficient (Wildman–Crippen LogP) is 0.782. The molecule has 6 heteroatoms. The van der Waals surface area contributed by atoms with E-state index in [1.165, 1.54) is 0 Å². The molecule has 1 aromatic rings. The largest absolute Gasteiger partial charge is 0.398 e. The molecule has 1 aromatic carbocycles. The Labute approximate surface area is 114 Å². The van der Waals surface area contributed by atoms with Gasteiger partial charge in [-0.3, -0.25) is 0 Å². The summed E-state index contributed by atoms with van der Waals surface area (Å²) in [6.45, 7) is 1.52. The van der Waals surface area contributed by atoms with Crippen molar-refractivity contribution in [3.05, 3.63) is 29.8 Å². The minimum Gasteiger partial charge on any atom is -0.398 e. The van der Waals surface area contributed by atoms with Gasteiger partial charge in [-0.25, -0.2) is 13.1 Å². The number of sulfonamides is 1. The molecule has 0 radical (unpaired) electrons. The van der Waals surface area contributed by atoms with Crippen molar-refractivity contribution in [2.45, 2.75) is 24.6 Å². The fourth-order valence-corrected chi connectivity index (χ4v) is 3.60. The Bertz CT molecular complexity index is 530. The lowest BCUT2D eigenvalue weighted by Gasteiger charge is -2.19. The van der Waals surface area contributed by atoms with Crippen molar-refractivity contribution in [3.63, 3.8) is 0 Å². The Morgan fingerprint density at radius 2 is 2.16 bits per heavy atom. The summed E-state index contributed by atoms with van der Waals surface area (Å²) in [5, 5.41) is 0. The highest BCUT2D eigenvalue weighted by atomic mass is 32.2. The second-order valence-corrected chi connectivity index (χ2v) is 6.89. The Morgan fingerprint density at radius 3 is 2.79 bits per heavy atom. The molecule has 1 heterocycles. The monoisotopic (exact) mass is 283 g/mol. The number of hydrogen-bond donors (Lipinski definition) is 2. The lowest BCUT2D eigenvalue weighted by Crippen LogP contribution is -2.38. The van der Waals surface area contributed by atoms with E-state index in [-0.39, 0.29) is 5.75 Å². The highest BCUT2D eigenvalue weighted by molar-refractivity contribution is 7.88. The van der Waals surface area contributed by atoms with Gasteiger partial charge in [0.05, 0.1) is 5.75 Å². The number of hydrogen-bond acceptors (Lipinski definition) is 4. The molecule has 0 saturated carbocycles. The van der Waals surface area contributed by atoms with Gasteiger partial charge in [0.2, 0.25) is 10.0 Å². The van der Waals surface area contributed by atoms with E-state index in [1.54, 1.807) is 24.3 Å². The second-order valence-electron chi connectivity index (χ2n) is 5.08. The molecular weight excluding hydrogens is 262 g/mol. The first-order valence-electron chi connectivity index (χ1n) is 6.49. The van der Waals surface area contributed by atoms with E-state index in [0.717, 1.165) is 19.4 Å². The first kappa shape index (κ1) is 14.3. The summed E-state index contributed by atoms with van der Waals surface area (Å²) in [6.07, 6.45) is 2.18. The Balaban J connectivity index is 1.94. The van der Waals surface area contributed by atoms with Gasteiger partial charge in [0.25, 0.3) is 0 Å². The third kappa shape index (κ3) is 3.92. The van der Waals surface area contributed by atoms with Crippen LogP contribution in [0.25, 0.3) is 0 Å². The van der Waals surface area contributed by atoms with Crippen molar-refractivity contribution in [2.24, 2.45) is 0 Å². The highest BCUT2D eigenvalue weighted by Crippen LogP contribution is 2.16. The summed E-state index contributed by atoms with van der Waals surface area (Å²) in [4.78, 5) is 2.19. The Kier molecular flexibility index (Phi) is 4.44. The summed E-state index contributed by atoms with van der Waals surface area (Å²) in [7, 11) is -1.30. The molecule has 1 aliphatic rings. The molecule has 0 aliphatic carbocycles. The van der Waals surface area contributed by atoms with Gasteiger partial charge in [0.1, 0.15) is 0 Å². The van der Waals surface area contributed by atoms with Gasteiger partial charge in [-0.05, 0) is 38.1 Å². The van der Waals surface area contributed by atoms with Gasteiger partial charge in [-0.15, -0.1) is 0 Å². The van der Waals surface area contributed by atoms with E-state index in [9.17, 15) is 8.42 Å². The highest BCUT2D eigenvalue weighted by Gasteiger charge is 2.23. The molecule has 0 bridgehead atoms. The van der Waals surface area contributed by atoms with Crippen molar-refractivity contribution in [2.75, 3.05) is 25.9 Å². The van der Waals surface area contributed by atoms with Gasteiger partial charge in [-0.2, -0.15) is 0 Å². The van der Waals surface area contributed by atoms with Crippen molar-refractivity contribution in [3.8, 4) is 0 Å². The Morgan fingerprint density at radius 1 is 1.42 bits per heavy atom. The van der Waals surface area contributed by atoms with Crippen LogP contribution in [0.3, 0.4) is 0 Å². The van der Waals surface area contributed by atoms with Crippen molar-refractivity contribution < 1.29 is 8.42 Å². The molecule has 106 valence electrons. The number of anilines is 1. The van der Waals surface area contributed by atoms with Gasteiger partial charge < -0.3 is 10.6 Å². The van der Waals surface area contributed by atoms with Crippen LogP contribution in [0, 0.1) is 0 Å². The van der Waals surface area contributed by atoms with E-state index < -0.39 is 10.0 Å². The number of nitrogens with two attached hydrogens (primary N) is 1. The molecule has 0 spiro atoms. The topological polar surface area (TPSA) is 75.4 Å². The van der Waals surface area contributed by atoms with Crippen LogP contribution in [0.1, 0.15) is 18.4 Å². The maximum atomic E-state index is 12.0. The molecule has 2 rings (SSSR count). The van der Waals surface area contributed by atoms with Gasteiger partial charge in [0, 0.05) is 18.3 Å². The third-order valence-electron chi connectivity index (χ3n) is 3.61. The number of nitrogens with zero attached hydrogens (tertiary/aromatic N) is 1. The average Bonchev–Trinajstić information content (AvgIpc) is 2.75. The molecule has 3 N–H and O–H groups in total. The van der Waals surface area contributed by atoms with Crippen molar-refractivity contribution >= 4 is 15.7 Å².